The highest BCUT2D eigenvalue weighted by atomic mass is 19.1. The Bertz CT molecular complexity index is 945. The maximum Gasteiger partial charge on any atom is 0.252 e. The lowest BCUT2D eigenvalue weighted by atomic mass is 9.87. The van der Waals surface area contributed by atoms with Crippen molar-refractivity contribution in [1.82, 2.24) is 4.90 Å². The number of ether oxygens (including phenoxy) is 1. The Morgan fingerprint density at radius 3 is 2.76 bits per heavy atom. The lowest BCUT2D eigenvalue weighted by Gasteiger charge is -2.41. The van der Waals surface area contributed by atoms with Crippen LogP contribution in [0.2, 0.25) is 0 Å². The average molecular weight is 396 g/mol. The van der Waals surface area contributed by atoms with Gasteiger partial charge in [-0.15, -0.1) is 0 Å². The van der Waals surface area contributed by atoms with Crippen LogP contribution >= 0.6 is 0 Å². The maximum atomic E-state index is 13.5. The second-order valence-corrected chi connectivity index (χ2v) is 7.33. The van der Waals surface area contributed by atoms with E-state index in [1.54, 1.807) is 17.0 Å². The topological polar surface area (TPSA) is 98.5 Å². The summed E-state index contributed by atoms with van der Waals surface area (Å²) in [5.41, 5.74) is 11.7. The van der Waals surface area contributed by atoms with Gasteiger partial charge in [-0.1, -0.05) is 41.5 Å². The van der Waals surface area contributed by atoms with Crippen molar-refractivity contribution < 1.29 is 19.0 Å². The Labute approximate surface area is 167 Å². The summed E-state index contributed by atoms with van der Waals surface area (Å²) in [6, 6.07) is 13.0. The standard InChI is InChI=1S/C21H21FN4O3/c22-15-7-5-14(6-8-15)20-16-4-2-1-3-13(16)9-10-26(20)21(28)19-11-17(24-25-23)18(27)12-29-19/h1-8,17-20,27H,9-12H2/t17-,18-,19-,20-/m0/s1. The van der Waals surface area contributed by atoms with Crippen LogP contribution < -0.4 is 0 Å². The molecule has 0 radical (unpaired) electrons. The zero-order valence-electron chi connectivity index (χ0n) is 15.7. The molecule has 4 atom stereocenters. The van der Waals surface area contributed by atoms with Crippen LogP contribution in [0, 0.1) is 5.82 Å². The van der Waals surface area contributed by atoms with E-state index < -0.39 is 18.2 Å². The molecule has 2 aromatic carbocycles. The predicted octanol–water partition coefficient (Wildman–Crippen LogP) is 3.13. The first-order valence-corrected chi connectivity index (χ1v) is 9.56. The molecule has 0 aliphatic carbocycles. The molecule has 2 aliphatic rings. The monoisotopic (exact) mass is 396 g/mol. The largest absolute Gasteiger partial charge is 0.390 e. The van der Waals surface area contributed by atoms with Crippen molar-refractivity contribution >= 4 is 5.91 Å². The van der Waals surface area contributed by atoms with Gasteiger partial charge in [-0.05, 0) is 47.2 Å². The summed E-state index contributed by atoms with van der Waals surface area (Å²) in [5, 5.41) is 13.5. The molecule has 1 N–H and O–H groups in total. The number of nitrogens with zero attached hydrogens (tertiary/aromatic N) is 4. The number of hydrogen-bond donors (Lipinski definition) is 1. The molecular weight excluding hydrogens is 375 g/mol. The molecule has 2 heterocycles. The van der Waals surface area contributed by atoms with E-state index in [4.69, 9.17) is 10.3 Å². The van der Waals surface area contributed by atoms with Crippen molar-refractivity contribution in [3.63, 3.8) is 0 Å². The van der Waals surface area contributed by atoms with E-state index in [0.717, 1.165) is 16.7 Å². The van der Waals surface area contributed by atoms with Gasteiger partial charge in [0, 0.05) is 11.5 Å². The normalized spacial score (nSPS) is 26.3. The van der Waals surface area contributed by atoms with Crippen molar-refractivity contribution in [2.24, 2.45) is 5.11 Å². The molecule has 150 valence electrons. The van der Waals surface area contributed by atoms with Crippen LogP contribution in [0.5, 0.6) is 0 Å². The van der Waals surface area contributed by atoms with Crippen molar-refractivity contribution in [1.29, 1.82) is 0 Å². The summed E-state index contributed by atoms with van der Waals surface area (Å²) < 4.78 is 19.1. The van der Waals surface area contributed by atoms with Gasteiger partial charge < -0.3 is 14.7 Å². The van der Waals surface area contributed by atoms with E-state index in [-0.39, 0.29) is 30.8 Å². The second kappa shape index (κ2) is 8.21. The van der Waals surface area contributed by atoms with Crippen LogP contribution in [0.25, 0.3) is 10.4 Å². The van der Waals surface area contributed by atoms with Crippen LogP contribution in [0.3, 0.4) is 0 Å². The highest BCUT2D eigenvalue weighted by molar-refractivity contribution is 5.82. The van der Waals surface area contributed by atoms with Gasteiger partial charge in [-0.25, -0.2) is 4.39 Å². The zero-order valence-corrected chi connectivity index (χ0v) is 15.7. The summed E-state index contributed by atoms with van der Waals surface area (Å²) in [4.78, 5) is 17.9. The fraction of sp³-hybridized carbons (Fsp3) is 0.381. The van der Waals surface area contributed by atoms with E-state index in [1.807, 2.05) is 24.3 Å². The average Bonchev–Trinajstić information content (AvgIpc) is 2.75. The molecule has 8 heteroatoms. The maximum absolute atomic E-state index is 13.5. The van der Waals surface area contributed by atoms with Gasteiger partial charge in [0.05, 0.1) is 24.8 Å². The van der Waals surface area contributed by atoms with E-state index in [0.29, 0.717) is 13.0 Å². The van der Waals surface area contributed by atoms with Gasteiger partial charge in [-0.2, -0.15) is 0 Å². The van der Waals surface area contributed by atoms with E-state index in [2.05, 4.69) is 10.0 Å². The number of aliphatic hydroxyl groups is 1. The van der Waals surface area contributed by atoms with Crippen LogP contribution in [0.1, 0.15) is 29.2 Å². The Morgan fingerprint density at radius 2 is 2.00 bits per heavy atom. The molecule has 0 saturated carbocycles. The third kappa shape index (κ3) is 3.82. The first-order chi connectivity index (χ1) is 14.1. The predicted molar refractivity (Wildman–Crippen MR) is 103 cm³/mol. The molecule has 0 spiro atoms. The summed E-state index contributed by atoms with van der Waals surface area (Å²) in [6.07, 6.45) is -0.903. The number of benzene rings is 2. The summed E-state index contributed by atoms with van der Waals surface area (Å²) in [6.45, 7) is 0.429. The number of fused-ring (bicyclic) bond motifs is 1. The molecule has 1 fully saturated rings. The van der Waals surface area contributed by atoms with Crippen molar-refractivity contribution in [2.45, 2.75) is 37.1 Å². The summed E-state index contributed by atoms with van der Waals surface area (Å²) in [5.74, 6) is -0.559. The lowest BCUT2D eigenvalue weighted by Crippen LogP contribution is -2.51. The highest BCUT2D eigenvalue weighted by Crippen LogP contribution is 2.36. The third-order valence-corrected chi connectivity index (χ3v) is 5.60. The minimum absolute atomic E-state index is 0.0638. The van der Waals surface area contributed by atoms with Gasteiger partial charge in [-0.3, -0.25) is 4.79 Å². The van der Waals surface area contributed by atoms with Crippen molar-refractivity contribution in [3.8, 4) is 0 Å². The Kier molecular flexibility index (Phi) is 5.49. The van der Waals surface area contributed by atoms with Crippen LogP contribution in [-0.4, -0.2) is 47.3 Å². The van der Waals surface area contributed by atoms with Gasteiger partial charge >= 0.3 is 0 Å². The number of rotatable bonds is 3. The molecule has 29 heavy (non-hydrogen) atoms. The molecule has 1 saturated heterocycles. The number of halogens is 1. The molecule has 0 unspecified atom stereocenters. The van der Waals surface area contributed by atoms with Crippen LogP contribution in [0.15, 0.2) is 53.6 Å². The first-order valence-electron chi connectivity index (χ1n) is 9.56. The molecule has 0 bridgehead atoms. The number of carbonyl (C=O) groups is 1. The molecule has 4 rings (SSSR count). The Balaban J connectivity index is 1.67. The van der Waals surface area contributed by atoms with Gasteiger partial charge in [0.1, 0.15) is 11.9 Å². The van der Waals surface area contributed by atoms with Crippen LogP contribution in [0.4, 0.5) is 4.39 Å². The van der Waals surface area contributed by atoms with E-state index in [1.165, 1.54) is 12.1 Å². The smallest absolute Gasteiger partial charge is 0.252 e. The minimum atomic E-state index is -0.926. The Morgan fingerprint density at radius 1 is 1.24 bits per heavy atom. The van der Waals surface area contributed by atoms with E-state index in [9.17, 15) is 14.3 Å². The summed E-state index contributed by atoms with van der Waals surface area (Å²) in [7, 11) is 0. The van der Waals surface area contributed by atoms with Gasteiger partial charge in [0.2, 0.25) is 0 Å². The van der Waals surface area contributed by atoms with Crippen LogP contribution in [-0.2, 0) is 16.0 Å². The first kappa shape index (κ1) is 19.4. The third-order valence-electron chi connectivity index (χ3n) is 5.60. The number of azide groups is 1. The molecule has 0 aromatic heterocycles. The number of carbonyl (C=O) groups excluding carboxylic acids is 1. The number of amides is 1. The Hall–Kier alpha value is -2.93. The van der Waals surface area contributed by atoms with E-state index >= 15 is 0 Å². The fourth-order valence-corrected chi connectivity index (χ4v) is 4.13. The summed E-state index contributed by atoms with van der Waals surface area (Å²) >= 11 is 0. The van der Waals surface area contributed by atoms with Crippen molar-refractivity contribution in [3.05, 3.63) is 81.5 Å². The van der Waals surface area contributed by atoms with Gasteiger partial charge in [0.15, 0.2) is 0 Å². The molecule has 7 nitrogen and oxygen atoms in total. The minimum Gasteiger partial charge on any atom is -0.390 e. The van der Waals surface area contributed by atoms with Gasteiger partial charge in [0.25, 0.3) is 5.91 Å². The lowest BCUT2D eigenvalue weighted by molar-refractivity contribution is -0.154. The number of aliphatic hydroxyl groups excluding tert-OH is 1. The molecule has 2 aromatic rings. The molecule has 1 amide bonds. The number of hydrogen-bond acceptors (Lipinski definition) is 4. The SMILES string of the molecule is [N-]=[N+]=N[C@H]1C[C@@H](C(=O)N2CCc3ccccc3[C@@H]2c2ccc(F)cc2)OC[C@@H]1O. The second-order valence-electron chi connectivity index (χ2n) is 7.33. The fourth-order valence-electron chi connectivity index (χ4n) is 4.13. The quantitative estimate of drug-likeness (QED) is 0.490. The molecule has 2 aliphatic heterocycles. The highest BCUT2D eigenvalue weighted by Gasteiger charge is 2.39. The molecular formula is C21H21FN4O3. The van der Waals surface area contributed by atoms with Crippen molar-refractivity contribution in [2.75, 3.05) is 13.2 Å². The zero-order chi connectivity index (χ0) is 20.4.